The molecule has 1 unspecified atom stereocenters. The smallest absolute Gasteiger partial charge is 0.337 e. The summed E-state index contributed by atoms with van der Waals surface area (Å²) in [6.45, 7) is 0. The van der Waals surface area contributed by atoms with E-state index in [1.54, 1.807) is 0 Å². The van der Waals surface area contributed by atoms with Crippen molar-refractivity contribution in [2.75, 3.05) is 14.2 Å². The number of fused-ring (bicyclic) bond motifs is 1. The van der Waals surface area contributed by atoms with Gasteiger partial charge in [0, 0.05) is 0 Å². The lowest BCUT2D eigenvalue weighted by atomic mass is 10.00. The molecule has 138 valence electrons. The fourth-order valence-electron chi connectivity index (χ4n) is 3.28. The van der Waals surface area contributed by atoms with Gasteiger partial charge >= 0.3 is 11.9 Å². The Kier molecular flexibility index (Phi) is 5.25. The average Bonchev–Trinajstić information content (AvgIpc) is 2.97. The van der Waals surface area contributed by atoms with Gasteiger partial charge in [0.05, 0.1) is 26.2 Å². The molecular weight excluding hydrogens is 338 g/mol. The van der Waals surface area contributed by atoms with Gasteiger partial charge in [-0.25, -0.2) is 9.59 Å². The van der Waals surface area contributed by atoms with Gasteiger partial charge in [-0.05, 0) is 24.8 Å². The summed E-state index contributed by atoms with van der Waals surface area (Å²) in [4.78, 5) is 37.7. The molecule has 2 aliphatic rings. The zero-order valence-electron chi connectivity index (χ0n) is 14.8. The van der Waals surface area contributed by atoms with Crippen molar-refractivity contribution < 1.29 is 28.6 Å². The molecule has 26 heavy (non-hydrogen) atoms. The third-order valence-electron chi connectivity index (χ3n) is 4.63. The lowest BCUT2D eigenvalue weighted by Gasteiger charge is -2.33. The van der Waals surface area contributed by atoms with Gasteiger partial charge in [0.1, 0.15) is 5.76 Å². The zero-order chi connectivity index (χ0) is 18.7. The summed E-state index contributed by atoms with van der Waals surface area (Å²) in [7, 11) is 2.52. The molecule has 3 rings (SSSR count). The number of hydrogen-bond acceptors (Lipinski definition) is 6. The molecule has 0 bridgehead atoms. The van der Waals surface area contributed by atoms with Crippen molar-refractivity contribution in [3.8, 4) is 0 Å². The van der Waals surface area contributed by atoms with Crippen LogP contribution in [-0.4, -0.2) is 49.2 Å². The van der Waals surface area contributed by atoms with Gasteiger partial charge in [0.25, 0.3) is 0 Å². The van der Waals surface area contributed by atoms with Crippen LogP contribution >= 0.6 is 0 Å². The number of rotatable bonds is 6. The maximum Gasteiger partial charge on any atom is 0.337 e. The van der Waals surface area contributed by atoms with Gasteiger partial charge in [0.15, 0.2) is 12.3 Å². The van der Waals surface area contributed by atoms with E-state index in [1.807, 2.05) is 30.3 Å². The first-order chi connectivity index (χ1) is 12.6. The number of aryl methyl sites for hydroxylation is 1. The summed E-state index contributed by atoms with van der Waals surface area (Å²) < 4.78 is 15.4. The Labute approximate surface area is 151 Å². The molecule has 0 aliphatic carbocycles. The fraction of sp³-hybridized carbons (Fsp3) is 0.421. The topological polar surface area (TPSA) is 82.1 Å². The summed E-state index contributed by atoms with van der Waals surface area (Å²) in [5, 5.41) is 0. The number of carbonyl (C=O) groups is 3. The number of ether oxygens (including phenoxy) is 3. The number of methoxy groups -OCH3 is 2. The Morgan fingerprint density at radius 1 is 1.19 bits per heavy atom. The molecule has 0 N–H and O–H groups in total. The molecule has 1 amide bonds. The van der Waals surface area contributed by atoms with E-state index in [4.69, 9.17) is 14.2 Å². The normalized spacial score (nSPS) is 22.8. The van der Waals surface area contributed by atoms with Crippen molar-refractivity contribution in [2.45, 2.75) is 38.0 Å². The van der Waals surface area contributed by atoms with Crippen molar-refractivity contribution in [1.29, 1.82) is 0 Å². The summed E-state index contributed by atoms with van der Waals surface area (Å²) in [5.74, 6) is -1.21. The van der Waals surface area contributed by atoms with Crippen molar-refractivity contribution in [1.82, 2.24) is 4.90 Å². The largest absolute Gasteiger partial charge is 0.471 e. The molecule has 1 aromatic rings. The number of carbonyl (C=O) groups excluding carboxylic acids is 3. The predicted molar refractivity (Wildman–Crippen MR) is 90.6 cm³/mol. The fourth-order valence-corrected chi connectivity index (χ4v) is 3.28. The Morgan fingerprint density at radius 3 is 2.54 bits per heavy atom. The molecule has 2 fully saturated rings. The third-order valence-corrected chi connectivity index (χ3v) is 4.63. The minimum atomic E-state index is -1.02. The van der Waals surface area contributed by atoms with E-state index in [9.17, 15) is 14.4 Å². The first-order valence-electron chi connectivity index (χ1n) is 8.47. The molecule has 7 heteroatoms. The monoisotopic (exact) mass is 359 g/mol. The molecule has 0 saturated carbocycles. The highest BCUT2D eigenvalue weighted by atomic mass is 16.6. The summed E-state index contributed by atoms with van der Waals surface area (Å²) in [6.07, 6.45) is 1.49. The van der Waals surface area contributed by atoms with E-state index in [1.165, 1.54) is 19.1 Å². The van der Waals surface area contributed by atoms with Gasteiger partial charge in [-0.3, -0.25) is 9.69 Å². The van der Waals surface area contributed by atoms with Crippen LogP contribution in [0.5, 0.6) is 0 Å². The summed E-state index contributed by atoms with van der Waals surface area (Å²) >= 11 is 0. The SMILES string of the molecule is COC(=O)/C(CCCc1ccccc1)=C1\O[C@@H]2CC(=O)N2C1C(=O)OC. The number of amides is 1. The van der Waals surface area contributed by atoms with Crippen LogP contribution in [0.2, 0.25) is 0 Å². The van der Waals surface area contributed by atoms with Gasteiger partial charge in [-0.2, -0.15) is 0 Å². The number of β-lactam (4-membered cyclic amide) rings is 1. The van der Waals surface area contributed by atoms with Gasteiger partial charge in [0.2, 0.25) is 5.91 Å². The van der Waals surface area contributed by atoms with Crippen LogP contribution < -0.4 is 0 Å². The molecule has 0 aromatic heterocycles. The molecule has 2 heterocycles. The van der Waals surface area contributed by atoms with Crippen LogP contribution in [0.4, 0.5) is 0 Å². The Hall–Kier alpha value is -2.83. The van der Waals surface area contributed by atoms with Crippen molar-refractivity contribution >= 4 is 17.8 Å². The number of esters is 2. The summed E-state index contributed by atoms with van der Waals surface area (Å²) in [6, 6.07) is 8.87. The van der Waals surface area contributed by atoms with E-state index in [0.29, 0.717) is 12.8 Å². The lowest BCUT2D eigenvalue weighted by molar-refractivity contribution is -0.164. The highest BCUT2D eigenvalue weighted by Crippen LogP contribution is 2.39. The van der Waals surface area contributed by atoms with E-state index in [-0.39, 0.29) is 23.7 Å². The van der Waals surface area contributed by atoms with Crippen LogP contribution in [0.1, 0.15) is 24.8 Å². The average molecular weight is 359 g/mol. The molecule has 7 nitrogen and oxygen atoms in total. The summed E-state index contributed by atoms with van der Waals surface area (Å²) in [5.41, 5.74) is 1.43. The molecule has 1 aromatic carbocycles. The van der Waals surface area contributed by atoms with Crippen LogP contribution in [0, 0.1) is 0 Å². The first kappa shape index (κ1) is 18.0. The van der Waals surface area contributed by atoms with E-state index >= 15 is 0 Å². The van der Waals surface area contributed by atoms with Crippen molar-refractivity contribution in [2.24, 2.45) is 0 Å². The Morgan fingerprint density at radius 2 is 1.92 bits per heavy atom. The van der Waals surface area contributed by atoms with Crippen LogP contribution in [0.15, 0.2) is 41.7 Å². The maximum atomic E-state index is 12.3. The van der Waals surface area contributed by atoms with E-state index in [0.717, 1.165) is 12.0 Å². The highest BCUT2D eigenvalue weighted by molar-refractivity contribution is 5.95. The predicted octanol–water partition coefficient (Wildman–Crippen LogP) is 1.57. The van der Waals surface area contributed by atoms with Crippen LogP contribution in [-0.2, 0) is 35.0 Å². The molecular formula is C19H21NO6. The molecule has 0 radical (unpaired) electrons. The highest BCUT2D eigenvalue weighted by Gasteiger charge is 2.55. The van der Waals surface area contributed by atoms with Crippen LogP contribution in [0.3, 0.4) is 0 Å². The first-order valence-corrected chi connectivity index (χ1v) is 8.47. The van der Waals surface area contributed by atoms with Gasteiger partial charge in [-0.1, -0.05) is 30.3 Å². The van der Waals surface area contributed by atoms with E-state index < -0.39 is 24.2 Å². The number of benzene rings is 1. The maximum absolute atomic E-state index is 12.3. The second-order valence-electron chi connectivity index (χ2n) is 6.18. The minimum absolute atomic E-state index is 0.174. The second-order valence-corrected chi connectivity index (χ2v) is 6.18. The third kappa shape index (κ3) is 3.29. The van der Waals surface area contributed by atoms with Crippen molar-refractivity contribution in [3.63, 3.8) is 0 Å². The standard InChI is InChI=1S/C19H21NO6/c1-24-18(22)13(10-6-9-12-7-4-3-5-8-12)17-16(19(23)25-2)20-14(21)11-15(20)26-17/h3-5,7-8,15-16H,6,9-11H2,1-2H3/b17-13-/t15-,16?/m1/s1. The van der Waals surface area contributed by atoms with E-state index in [2.05, 4.69) is 0 Å². The Bertz CT molecular complexity index is 742. The minimum Gasteiger partial charge on any atom is -0.471 e. The zero-order valence-corrected chi connectivity index (χ0v) is 14.8. The van der Waals surface area contributed by atoms with Gasteiger partial charge < -0.3 is 14.2 Å². The van der Waals surface area contributed by atoms with Gasteiger partial charge in [-0.15, -0.1) is 0 Å². The molecule has 2 aliphatic heterocycles. The molecule has 0 spiro atoms. The number of nitrogens with zero attached hydrogens (tertiary/aromatic N) is 1. The second kappa shape index (κ2) is 7.59. The van der Waals surface area contributed by atoms with Crippen molar-refractivity contribution in [3.05, 3.63) is 47.2 Å². The molecule has 2 atom stereocenters. The molecule has 2 saturated heterocycles. The van der Waals surface area contributed by atoms with Crippen LogP contribution in [0.25, 0.3) is 0 Å². The quantitative estimate of drug-likeness (QED) is 0.436. The Balaban J connectivity index is 1.83. The lowest BCUT2D eigenvalue weighted by Crippen LogP contribution is -2.55. The number of hydrogen-bond donors (Lipinski definition) is 0.